The molecular formula is C21H24N4O2. The van der Waals surface area contributed by atoms with E-state index in [1.165, 1.54) is 5.56 Å². The molecule has 27 heavy (non-hydrogen) atoms. The largest absolute Gasteiger partial charge is 0.348 e. The summed E-state index contributed by atoms with van der Waals surface area (Å²) in [7, 11) is 0. The van der Waals surface area contributed by atoms with E-state index in [0.29, 0.717) is 5.69 Å². The van der Waals surface area contributed by atoms with Gasteiger partial charge in [-0.15, -0.1) is 0 Å². The molecule has 0 radical (unpaired) electrons. The molecule has 0 aliphatic carbocycles. The van der Waals surface area contributed by atoms with Crippen LogP contribution in [0.5, 0.6) is 0 Å². The summed E-state index contributed by atoms with van der Waals surface area (Å²) < 4.78 is 0. The number of nitrogens with one attached hydrogen (secondary N) is 3. The lowest BCUT2D eigenvalue weighted by Crippen LogP contribution is -2.46. The lowest BCUT2D eigenvalue weighted by molar-refractivity contribution is 0.571. The zero-order valence-corrected chi connectivity index (χ0v) is 16.2. The summed E-state index contributed by atoms with van der Waals surface area (Å²) in [6.07, 6.45) is 4.85. The molecule has 0 atom stereocenters. The van der Waals surface area contributed by atoms with E-state index in [-0.39, 0.29) is 27.2 Å². The number of aryl methyl sites for hydroxylation is 2. The second-order valence-corrected chi connectivity index (χ2v) is 7.78. The molecule has 3 aromatic rings. The predicted molar refractivity (Wildman–Crippen MR) is 107 cm³/mol. The van der Waals surface area contributed by atoms with Crippen LogP contribution in [-0.2, 0) is 5.41 Å². The minimum Gasteiger partial charge on any atom is -0.348 e. The molecule has 3 rings (SSSR count). The smallest absolute Gasteiger partial charge is 0.272 e. The van der Waals surface area contributed by atoms with Crippen molar-refractivity contribution in [3.05, 3.63) is 84.0 Å². The van der Waals surface area contributed by atoms with E-state index >= 15 is 0 Å². The molecule has 2 aromatic heterocycles. The summed E-state index contributed by atoms with van der Waals surface area (Å²) in [5.41, 5.74) is 3.81. The van der Waals surface area contributed by atoms with Crippen molar-refractivity contribution >= 4 is 12.2 Å². The van der Waals surface area contributed by atoms with Gasteiger partial charge in [-0.05, 0) is 42.7 Å². The second-order valence-electron chi connectivity index (χ2n) is 7.78. The minimum absolute atomic E-state index is 0.160. The maximum Gasteiger partial charge on any atom is 0.272 e. The van der Waals surface area contributed by atoms with Gasteiger partial charge in [0, 0.05) is 11.1 Å². The SMILES string of the molecule is Cc1ccc(/C=c2\[nH]c(=O)/c(=C/c3nc[nH]c3C(C)(C)C)[nH]c2=O)cc1C. The van der Waals surface area contributed by atoms with Gasteiger partial charge in [0.2, 0.25) is 0 Å². The van der Waals surface area contributed by atoms with E-state index in [1.54, 1.807) is 18.5 Å². The summed E-state index contributed by atoms with van der Waals surface area (Å²) in [4.78, 5) is 37.6. The highest BCUT2D eigenvalue weighted by Gasteiger charge is 2.19. The predicted octanol–water partition coefficient (Wildman–Crippen LogP) is 1.36. The Hall–Kier alpha value is -3.15. The van der Waals surface area contributed by atoms with Crippen LogP contribution in [0.4, 0.5) is 0 Å². The first kappa shape index (κ1) is 18.6. The highest BCUT2D eigenvalue weighted by molar-refractivity contribution is 5.51. The van der Waals surface area contributed by atoms with Crippen LogP contribution in [0.25, 0.3) is 12.2 Å². The molecule has 0 aliphatic rings. The van der Waals surface area contributed by atoms with Crippen LogP contribution in [-0.4, -0.2) is 19.9 Å². The zero-order chi connectivity index (χ0) is 19.8. The molecule has 3 N–H and O–H groups in total. The molecule has 0 unspecified atom stereocenters. The molecule has 0 fully saturated rings. The molecule has 0 saturated heterocycles. The van der Waals surface area contributed by atoms with Crippen LogP contribution < -0.4 is 21.8 Å². The number of nitrogens with zero attached hydrogens (tertiary/aromatic N) is 1. The van der Waals surface area contributed by atoms with Crippen molar-refractivity contribution in [1.29, 1.82) is 0 Å². The Kier molecular flexibility index (Phi) is 4.74. The molecular weight excluding hydrogens is 340 g/mol. The fourth-order valence-electron chi connectivity index (χ4n) is 2.87. The average molecular weight is 364 g/mol. The lowest BCUT2D eigenvalue weighted by Gasteiger charge is -2.16. The van der Waals surface area contributed by atoms with Crippen LogP contribution in [0.15, 0.2) is 34.1 Å². The average Bonchev–Trinajstić information content (AvgIpc) is 3.04. The van der Waals surface area contributed by atoms with E-state index in [4.69, 9.17) is 0 Å². The Balaban J connectivity index is 2.13. The van der Waals surface area contributed by atoms with Crippen molar-refractivity contribution in [2.45, 2.75) is 40.0 Å². The second kappa shape index (κ2) is 6.87. The molecule has 0 aliphatic heterocycles. The first-order chi connectivity index (χ1) is 12.6. The van der Waals surface area contributed by atoms with Gasteiger partial charge < -0.3 is 15.0 Å². The van der Waals surface area contributed by atoms with E-state index in [1.807, 2.05) is 52.8 Å². The summed E-state index contributed by atoms with van der Waals surface area (Å²) in [6, 6.07) is 5.88. The normalized spacial score (nSPS) is 13.4. The van der Waals surface area contributed by atoms with Gasteiger partial charge in [0.05, 0.1) is 12.0 Å². The zero-order valence-electron chi connectivity index (χ0n) is 16.2. The Bertz CT molecular complexity index is 1220. The molecule has 0 amide bonds. The molecule has 1 aromatic carbocycles. The Morgan fingerprint density at radius 2 is 1.56 bits per heavy atom. The molecule has 140 valence electrons. The van der Waals surface area contributed by atoms with Crippen LogP contribution in [0.1, 0.15) is 48.8 Å². The van der Waals surface area contributed by atoms with Crippen LogP contribution in [0.2, 0.25) is 0 Å². The van der Waals surface area contributed by atoms with Crippen molar-refractivity contribution < 1.29 is 0 Å². The van der Waals surface area contributed by atoms with Crippen LogP contribution in [0, 0.1) is 13.8 Å². The first-order valence-corrected chi connectivity index (χ1v) is 8.82. The Labute approximate surface area is 156 Å². The summed E-state index contributed by atoms with van der Waals surface area (Å²) in [6.45, 7) is 10.2. The van der Waals surface area contributed by atoms with Gasteiger partial charge in [-0.25, -0.2) is 4.98 Å². The number of aromatic amines is 3. The van der Waals surface area contributed by atoms with E-state index in [0.717, 1.165) is 16.8 Å². The van der Waals surface area contributed by atoms with Crippen LogP contribution in [0.3, 0.4) is 0 Å². The van der Waals surface area contributed by atoms with Crippen molar-refractivity contribution in [3.8, 4) is 0 Å². The monoisotopic (exact) mass is 364 g/mol. The molecule has 0 saturated carbocycles. The fourth-order valence-corrected chi connectivity index (χ4v) is 2.87. The van der Waals surface area contributed by atoms with Gasteiger partial charge in [-0.3, -0.25) is 9.59 Å². The molecule has 2 heterocycles. The van der Waals surface area contributed by atoms with Crippen LogP contribution >= 0.6 is 0 Å². The third kappa shape index (κ3) is 4.00. The Morgan fingerprint density at radius 1 is 0.926 bits per heavy atom. The van der Waals surface area contributed by atoms with Gasteiger partial charge in [0.1, 0.15) is 10.7 Å². The van der Waals surface area contributed by atoms with E-state index in [9.17, 15) is 9.59 Å². The van der Waals surface area contributed by atoms with Crippen molar-refractivity contribution in [1.82, 2.24) is 19.9 Å². The summed E-state index contributed by atoms with van der Waals surface area (Å²) >= 11 is 0. The number of benzene rings is 1. The lowest BCUT2D eigenvalue weighted by atomic mass is 9.90. The summed E-state index contributed by atoms with van der Waals surface area (Å²) in [5, 5.41) is 0.397. The van der Waals surface area contributed by atoms with E-state index in [2.05, 4.69) is 19.9 Å². The van der Waals surface area contributed by atoms with Crippen molar-refractivity contribution in [2.75, 3.05) is 0 Å². The maximum absolute atomic E-state index is 12.5. The van der Waals surface area contributed by atoms with Gasteiger partial charge in [0.15, 0.2) is 0 Å². The van der Waals surface area contributed by atoms with Gasteiger partial charge >= 0.3 is 0 Å². The quantitative estimate of drug-likeness (QED) is 0.641. The van der Waals surface area contributed by atoms with Gasteiger partial charge in [-0.1, -0.05) is 39.0 Å². The molecule has 6 nitrogen and oxygen atoms in total. The Morgan fingerprint density at radius 3 is 2.15 bits per heavy atom. The number of rotatable bonds is 2. The minimum atomic E-state index is -0.368. The van der Waals surface area contributed by atoms with E-state index < -0.39 is 0 Å². The first-order valence-electron chi connectivity index (χ1n) is 8.82. The van der Waals surface area contributed by atoms with Crippen molar-refractivity contribution in [3.63, 3.8) is 0 Å². The molecule has 0 spiro atoms. The van der Waals surface area contributed by atoms with Gasteiger partial charge in [-0.2, -0.15) is 0 Å². The fraction of sp³-hybridized carbons (Fsp3) is 0.286. The highest BCUT2D eigenvalue weighted by Crippen LogP contribution is 2.22. The van der Waals surface area contributed by atoms with Gasteiger partial charge in [0.25, 0.3) is 11.1 Å². The summed E-state index contributed by atoms with van der Waals surface area (Å²) in [5.74, 6) is 0. The topological polar surface area (TPSA) is 94.4 Å². The number of hydrogen-bond acceptors (Lipinski definition) is 3. The highest BCUT2D eigenvalue weighted by atomic mass is 16.1. The standard InChI is InChI=1S/C21H24N4O2/c1-12-6-7-14(8-13(12)2)9-16-19(26)25-17(20(27)24-16)10-15-18(21(3,4)5)23-11-22-15/h6-11H,1-5H3,(H,22,23)(H,24,27)(H,25,26)/b16-9-,17-10-. The number of aromatic nitrogens is 4. The molecule has 0 bridgehead atoms. The number of imidazole rings is 1. The number of hydrogen-bond donors (Lipinski definition) is 3. The number of H-pyrrole nitrogens is 3. The third-order valence-corrected chi connectivity index (χ3v) is 4.53. The third-order valence-electron chi connectivity index (χ3n) is 4.53. The molecule has 6 heteroatoms. The van der Waals surface area contributed by atoms with Crippen molar-refractivity contribution in [2.24, 2.45) is 0 Å². The maximum atomic E-state index is 12.5.